The first-order valence-corrected chi connectivity index (χ1v) is 8.02. The third-order valence-corrected chi connectivity index (χ3v) is 4.41. The normalized spacial score (nSPS) is 19.6. The second-order valence-electron chi connectivity index (χ2n) is 6.28. The van der Waals surface area contributed by atoms with E-state index in [2.05, 4.69) is 35.0 Å². The first kappa shape index (κ1) is 15.0. The third kappa shape index (κ3) is 3.47. The quantitative estimate of drug-likeness (QED) is 0.891. The zero-order valence-electron chi connectivity index (χ0n) is 13.0. The number of carboxylic acid groups (broad SMARTS) is 1. The standard InChI is InChI=1S/C17H23N3O2/c1-12-6-7-14-15(10-12)19-17(18-14)13-4-2-8-20(11-13)9-3-5-16(21)22/h6-7,10,13H,2-5,8-9,11H2,1H3,(H,18,19)(H,21,22). The largest absolute Gasteiger partial charge is 0.481 e. The molecule has 118 valence electrons. The number of nitrogens with one attached hydrogen (secondary N) is 1. The molecule has 0 saturated carbocycles. The van der Waals surface area contributed by atoms with Crippen LogP contribution in [-0.4, -0.2) is 45.6 Å². The number of hydrogen-bond acceptors (Lipinski definition) is 3. The second kappa shape index (κ2) is 6.48. The van der Waals surface area contributed by atoms with Crippen LogP contribution in [0, 0.1) is 6.92 Å². The van der Waals surface area contributed by atoms with Gasteiger partial charge in [-0.2, -0.15) is 0 Å². The monoisotopic (exact) mass is 301 g/mol. The van der Waals surface area contributed by atoms with Crippen molar-refractivity contribution >= 4 is 17.0 Å². The summed E-state index contributed by atoms with van der Waals surface area (Å²) in [4.78, 5) is 21.2. The predicted octanol–water partition coefficient (Wildman–Crippen LogP) is 2.92. The topological polar surface area (TPSA) is 69.2 Å². The number of aryl methyl sites for hydroxylation is 1. The van der Waals surface area contributed by atoms with Crippen molar-refractivity contribution in [1.82, 2.24) is 14.9 Å². The Kier molecular flexibility index (Phi) is 4.43. The maximum atomic E-state index is 10.6. The van der Waals surface area contributed by atoms with Crippen molar-refractivity contribution in [3.63, 3.8) is 0 Å². The number of piperidine rings is 1. The third-order valence-electron chi connectivity index (χ3n) is 4.41. The Morgan fingerprint density at radius 2 is 2.36 bits per heavy atom. The van der Waals surface area contributed by atoms with Gasteiger partial charge in [-0.25, -0.2) is 4.98 Å². The van der Waals surface area contributed by atoms with Gasteiger partial charge in [0.1, 0.15) is 5.82 Å². The van der Waals surface area contributed by atoms with E-state index in [-0.39, 0.29) is 6.42 Å². The van der Waals surface area contributed by atoms with Gasteiger partial charge in [-0.3, -0.25) is 4.79 Å². The highest BCUT2D eigenvalue weighted by Crippen LogP contribution is 2.27. The van der Waals surface area contributed by atoms with E-state index in [0.717, 1.165) is 55.8 Å². The van der Waals surface area contributed by atoms with Gasteiger partial charge in [0.25, 0.3) is 0 Å². The number of likely N-dealkylation sites (tertiary alicyclic amines) is 1. The number of nitrogens with zero attached hydrogens (tertiary/aromatic N) is 2. The zero-order chi connectivity index (χ0) is 15.5. The van der Waals surface area contributed by atoms with Gasteiger partial charge in [0.15, 0.2) is 0 Å². The summed E-state index contributed by atoms with van der Waals surface area (Å²) >= 11 is 0. The van der Waals surface area contributed by atoms with Crippen molar-refractivity contribution in [2.24, 2.45) is 0 Å². The van der Waals surface area contributed by atoms with Gasteiger partial charge in [-0.1, -0.05) is 6.07 Å². The molecule has 2 aromatic rings. The van der Waals surface area contributed by atoms with E-state index in [0.29, 0.717) is 5.92 Å². The van der Waals surface area contributed by atoms with Crippen LogP contribution in [0.25, 0.3) is 11.0 Å². The summed E-state index contributed by atoms with van der Waals surface area (Å²) in [7, 11) is 0. The predicted molar refractivity (Wildman–Crippen MR) is 86.1 cm³/mol. The van der Waals surface area contributed by atoms with Crippen LogP contribution in [0.15, 0.2) is 18.2 Å². The number of fused-ring (bicyclic) bond motifs is 1. The number of hydrogen-bond donors (Lipinski definition) is 2. The van der Waals surface area contributed by atoms with E-state index < -0.39 is 5.97 Å². The molecule has 1 fully saturated rings. The van der Waals surface area contributed by atoms with Crippen molar-refractivity contribution in [3.8, 4) is 0 Å². The van der Waals surface area contributed by atoms with E-state index in [4.69, 9.17) is 10.1 Å². The van der Waals surface area contributed by atoms with Crippen molar-refractivity contribution in [1.29, 1.82) is 0 Å². The van der Waals surface area contributed by atoms with Crippen LogP contribution in [0.5, 0.6) is 0 Å². The van der Waals surface area contributed by atoms with Crippen molar-refractivity contribution in [2.75, 3.05) is 19.6 Å². The fraction of sp³-hybridized carbons (Fsp3) is 0.529. The number of H-pyrrole nitrogens is 1. The van der Waals surface area contributed by atoms with Gasteiger partial charge in [0.2, 0.25) is 0 Å². The molecule has 1 aromatic carbocycles. The minimum absolute atomic E-state index is 0.255. The molecule has 1 aliphatic heterocycles. The average molecular weight is 301 g/mol. The fourth-order valence-electron chi connectivity index (χ4n) is 3.27. The summed E-state index contributed by atoms with van der Waals surface area (Å²) in [5, 5.41) is 8.74. The van der Waals surface area contributed by atoms with E-state index in [1.54, 1.807) is 0 Å². The molecule has 1 aliphatic rings. The summed E-state index contributed by atoms with van der Waals surface area (Å²) in [6, 6.07) is 6.30. The van der Waals surface area contributed by atoms with Crippen molar-refractivity contribution in [2.45, 2.75) is 38.5 Å². The molecule has 0 aliphatic carbocycles. The molecule has 0 radical (unpaired) electrons. The number of imidazole rings is 1. The van der Waals surface area contributed by atoms with Crippen LogP contribution in [0.4, 0.5) is 0 Å². The minimum atomic E-state index is -0.707. The lowest BCUT2D eigenvalue weighted by Gasteiger charge is -2.31. The van der Waals surface area contributed by atoms with E-state index in [9.17, 15) is 4.79 Å². The zero-order valence-corrected chi connectivity index (χ0v) is 13.0. The Bertz CT molecular complexity index is 665. The molecular weight excluding hydrogens is 278 g/mol. The molecule has 5 heteroatoms. The van der Waals surface area contributed by atoms with Gasteiger partial charge in [-0.15, -0.1) is 0 Å². The van der Waals surface area contributed by atoms with Crippen LogP contribution in [0.3, 0.4) is 0 Å². The molecule has 1 aromatic heterocycles. The summed E-state index contributed by atoms with van der Waals surface area (Å²) in [5.41, 5.74) is 3.38. The Morgan fingerprint density at radius 1 is 1.50 bits per heavy atom. The van der Waals surface area contributed by atoms with Crippen molar-refractivity contribution in [3.05, 3.63) is 29.6 Å². The fourth-order valence-corrected chi connectivity index (χ4v) is 3.27. The van der Waals surface area contributed by atoms with Gasteiger partial charge >= 0.3 is 5.97 Å². The highest BCUT2D eigenvalue weighted by molar-refractivity contribution is 5.75. The van der Waals surface area contributed by atoms with E-state index in [1.165, 1.54) is 5.56 Å². The molecule has 22 heavy (non-hydrogen) atoms. The number of rotatable bonds is 5. The van der Waals surface area contributed by atoms with Gasteiger partial charge in [0.05, 0.1) is 11.0 Å². The summed E-state index contributed by atoms with van der Waals surface area (Å²) < 4.78 is 0. The number of aliphatic carboxylic acids is 1. The second-order valence-corrected chi connectivity index (χ2v) is 6.28. The number of benzene rings is 1. The average Bonchev–Trinajstić information content (AvgIpc) is 2.90. The number of aromatic amines is 1. The Hall–Kier alpha value is -1.88. The number of aromatic nitrogens is 2. The smallest absolute Gasteiger partial charge is 0.303 e. The molecule has 2 heterocycles. The van der Waals surface area contributed by atoms with Gasteiger partial charge in [0, 0.05) is 18.9 Å². The number of carboxylic acids is 1. The number of carbonyl (C=O) groups is 1. The first-order valence-electron chi connectivity index (χ1n) is 8.02. The van der Waals surface area contributed by atoms with Crippen LogP contribution in [0.2, 0.25) is 0 Å². The molecule has 0 bridgehead atoms. The van der Waals surface area contributed by atoms with E-state index >= 15 is 0 Å². The molecule has 1 saturated heterocycles. The Labute approximate surface area is 130 Å². The van der Waals surface area contributed by atoms with Gasteiger partial charge in [-0.05, 0) is 57.0 Å². The summed E-state index contributed by atoms with van der Waals surface area (Å²) in [6.45, 7) is 4.99. The minimum Gasteiger partial charge on any atom is -0.481 e. The van der Waals surface area contributed by atoms with Crippen LogP contribution in [0.1, 0.15) is 43.0 Å². The molecule has 0 spiro atoms. The van der Waals surface area contributed by atoms with Gasteiger partial charge < -0.3 is 15.0 Å². The van der Waals surface area contributed by atoms with Crippen LogP contribution in [-0.2, 0) is 4.79 Å². The molecular formula is C17H23N3O2. The first-order chi connectivity index (χ1) is 10.6. The lowest BCUT2D eigenvalue weighted by atomic mass is 9.97. The SMILES string of the molecule is Cc1ccc2nc(C3CCCN(CCCC(=O)O)C3)[nH]c2c1. The molecule has 1 unspecified atom stereocenters. The Balaban J connectivity index is 1.66. The van der Waals surface area contributed by atoms with Crippen LogP contribution < -0.4 is 0 Å². The molecule has 2 N–H and O–H groups in total. The maximum absolute atomic E-state index is 10.6. The van der Waals surface area contributed by atoms with Crippen molar-refractivity contribution < 1.29 is 9.90 Å². The summed E-state index contributed by atoms with van der Waals surface area (Å²) in [5.74, 6) is 0.788. The molecule has 0 amide bonds. The molecule has 3 rings (SSSR count). The Morgan fingerprint density at radius 3 is 3.18 bits per heavy atom. The lowest BCUT2D eigenvalue weighted by molar-refractivity contribution is -0.137. The van der Waals surface area contributed by atoms with E-state index in [1.807, 2.05) is 0 Å². The summed E-state index contributed by atoms with van der Waals surface area (Å²) in [6.07, 6.45) is 3.27. The van der Waals surface area contributed by atoms with Crippen LogP contribution >= 0.6 is 0 Å². The molecule has 1 atom stereocenters. The highest BCUT2D eigenvalue weighted by atomic mass is 16.4. The lowest BCUT2D eigenvalue weighted by Crippen LogP contribution is -2.35. The highest BCUT2D eigenvalue weighted by Gasteiger charge is 2.23. The maximum Gasteiger partial charge on any atom is 0.303 e. The molecule has 5 nitrogen and oxygen atoms in total.